The predicted molar refractivity (Wildman–Crippen MR) is 159 cm³/mol. The molecule has 2 saturated heterocycles. The van der Waals surface area contributed by atoms with Gasteiger partial charge in [-0.15, -0.1) is 0 Å². The molecule has 40 heavy (non-hydrogen) atoms. The van der Waals surface area contributed by atoms with Crippen molar-refractivity contribution in [2.45, 2.75) is 33.4 Å². The van der Waals surface area contributed by atoms with E-state index in [-0.39, 0.29) is 29.4 Å². The molecule has 0 saturated carbocycles. The quantitative estimate of drug-likeness (QED) is 0.290. The molecule has 0 aliphatic carbocycles. The Kier molecular flexibility index (Phi) is 8.09. The van der Waals surface area contributed by atoms with Crippen molar-refractivity contribution < 1.29 is 13.6 Å². The van der Waals surface area contributed by atoms with Gasteiger partial charge in [0.1, 0.15) is 33.3 Å². The number of amides is 1. The molecule has 206 valence electrons. The molecule has 2 aromatic heterocycles. The van der Waals surface area contributed by atoms with Crippen LogP contribution in [0.4, 0.5) is 15.9 Å². The molecule has 11 heteroatoms. The summed E-state index contributed by atoms with van der Waals surface area (Å²) in [5, 5.41) is 9.89. The largest absolute Gasteiger partial charge is 0.467 e. The van der Waals surface area contributed by atoms with E-state index in [0.29, 0.717) is 76.8 Å². The van der Waals surface area contributed by atoms with Crippen molar-refractivity contribution >= 4 is 51.8 Å². The third kappa shape index (κ3) is 5.17. The Morgan fingerprint density at radius 1 is 1.12 bits per heavy atom. The zero-order chi connectivity index (χ0) is 28.4. The van der Waals surface area contributed by atoms with Crippen molar-refractivity contribution in [3.05, 3.63) is 86.2 Å². The Morgan fingerprint density at radius 2 is 1.85 bits per heavy atom. The van der Waals surface area contributed by atoms with E-state index in [1.54, 1.807) is 48.1 Å². The van der Waals surface area contributed by atoms with E-state index < -0.39 is 0 Å². The molecule has 2 aliphatic heterocycles. The molecule has 0 unspecified atom stereocenters. The normalized spacial score (nSPS) is 16.8. The van der Waals surface area contributed by atoms with Gasteiger partial charge >= 0.3 is 0 Å². The van der Waals surface area contributed by atoms with Crippen LogP contribution in [0.3, 0.4) is 0 Å². The van der Waals surface area contributed by atoms with E-state index in [9.17, 15) is 19.2 Å². The van der Waals surface area contributed by atoms with Gasteiger partial charge in [-0.05, 0) is 49.2 Å². The molecule has 0 radical (unpaired) electrons. The predicted octanol–water partition coefficient (Wildman–Crippen LogP) is 4.90. The summed E-state index contributed by atoms with van der Waals surface area (Å²) in [6.07, 6.45) is 3.98. The van der Waals surface area contributed by atoms with Gasteiger partial charge in [-0.3, -0.25) is 19.1 Å². The second kappa shape index (κ2) is 11.7. The number of nitriles is 1. The molecule has 5 rings (SSSR count). The van der Waals surface area contributed by atoms with Gasteiger partial charge in [-0.1, -0.05) is 43.0 Å². The lowest BCUT2D eigenvalue weighted by atomic mass is 10.0. The number of benzene rings is 1. The second-order valence-electron chi connectivity index (χ2n) is 9.58. The van der Waals surface area contributed by atoms with Gasteiger partial charge in [0.15, 0.2) is 0 Å². The van der Waals surface area contributed by atoms with Crippen LogP contribution in [0.2, 0.25) is 0 Å². The van der Waals surface area contributed by atoms with Crippen molar-refractivity contribution in [3.63, 3.8) is 0 Å². The number of aromatic nitrogens is 1. The number of para-hydroxylation sites is 1. The third-order valence-electron chi connectivity index (χ3n) is 7.11. The van der Waals surface area contributed by atoms with E-state index in [2.05, 4.69) is 11.0 Å². The fraction of sp³-hybridized carbons (Fsp3) is 0.310. The van der Waals surface area contributed by atoms with Crippen LogP contribution >= 0.6 is 24.0 Å². The van der Waals surface area contributed by atoms with Crippen molar-refractivity contribution in [2.75, 3.05) is 36.0 Å². The van der Waals surface area contributed by atoms with Crippen molar-refractivity contribution in [1.29, 1.82) is 5.26 Å². The first kappa shape index (κ1) is 27.7. The first-order chi connectivity index (χ1) is 19.3. The van der Waals surface area contributed by atoms with Crippen LogP contribution in [-0.2, 0) is 17.9 Å². The topological polar surface area (TPSA) is 85.7 Å². The van der Waals surface area contributed by atoms with Crippen molar-refractivity contribution in [3.8, 4) is 6.07 Å². The number of hydrogen-bond acceptors (Lipinski definition) is 8. The Balaban J connectivity index is 1.55. The first-order valence-electron chi connectivity index (χ1n) is 13.0. The second-order valence-corrected chi connectivity index (χ2v) is 11.3. The number of anilines is 2. The van der Waals surface area contributed by atoms with Crippen LogP contribution in [0, 0.1) is 24.1 Å². The number of carbonyl (C=O) groups excluding carboxylic acids is 1. The highest BCUT2D eigenvalue weighted by molar-refractivity contribution is 8.26. The fourth-order valence-corrected chi connectivity index (χ4v) is 6.35. The molecule has 8 nitrogen and oxygen atoms in total. The summed E-state index contributed by atoms with van der Waals surface area (Å²) < 4.78 is 21.9. The average molecular weight is 578 g/mol. The standard InChI is InChI=1S/C29H28FN5O3S2/c1-3-10-34-26(33-13-11-32(12-14-33)24-9-5-4-8-23(24)30)21(19(2)22(17-31)27(34)36)16-25-28(37)35(29(39)40-25)18-20-7-6-15-38-20/h4-9,15-16H,3,10-14,18H2,1-2H3/b25-16-. The average Bonchev–Trinajstić information content (AvgIpc) is 3.56. The highest BCUT2D eigenvalue weighted by atomic mass is 32.2. The Hall–Kier alpha value is -3.88. The van der Waals surface area contributed by atoms with Gasteiger partial charge in [-0.25, -0.2) is 4.39 Å². The summed E-state index contributed by atoms with van der Waals surface area (Å²) in [4.78, 5) is 32.9. The number of hydrogen-bond donors (Lipinski definition) is 0. The maximum Gasteiger partial charge on any atom is 0.270 e. The van der Waals surface area contributed by atoms with Gasteiger partial charge in [-0.2, -0.15) is 5.26 Å². The summed E-state index contributed by atoms with van der Waals surface area (Å²) >= 11 is 6.70. The summed E-state index contributed by atoms with van der Waals surface area (Å²) in [6.45, 7) is 6.50. The third-order valence-corrected chi connectivity index (χ3v) is 8.49. The minimum atomic E-state index is -0.351. The minimum absolute atomic E-state index is 0.0551. The van der Waals surface area contributed by atoms with Crippen molar-refractivity contribution in [2.24, 2.45) is 0 Å². The summed E-state index contributed by atoms with van der Waals surface area (Å²) in [5.74, 6) is 0.747. The minimum Gasteiger partial charge on any atom is -0.467 e. The molecule has 1 aromatic carbocycles. The summed E-state index contributed by atoms with van der Waals surface area (Å²) in [5.41, 5.74) is 1.41. The lowest BCUT2D eigenvalue weighted by Crippen LogP contribution is -2.49. The van der Waals surface area contributed by atoms with Gasteiger partial charge in [0.05, 0.1) is 23.4 Å². The number of thioether (sulfide) groups is 1. The first-order valence-corrected chi connectivity index (χ1v) is 14.3. The molecule has 0 bridgehead atoms. The Morgan fingerprint density at radius 3 is 2.50 bits per heavy atom. The van der Waals surface area contributed by atoms with Crippen LogP contribution < -0.4 is 15.4 Å². The van der Waals surface area contributed by atoms with Gasteiger partial charge in [0.25, 0.3) is 11.5 Å². The monoisotopic (exact) mass is 577 g/mol. The zero-order valence-corrected chi connectivity index (χ0v) is 23.9. The fourth-order valence-electron chi connectivity index (χ4n) is 5.11. The van der Waals surface area contributed by atoms with E-state index in [1.165, 1.54) is 22.7 Å². The number of furan rings is 1. The van der Waals surface area contributed by atoms with Gasteiger partial charge < -0.3 is 14.2 Å². The van der Waals surface area contributed by atoms with E-state index in [1.807, 2.05) is 17.9 Å². The summed E-state index contributed by atoms with van der Waals surface area (Å²) in [6, 6.07) is 12.3. The Bertz CT molecular complexity index is 1580. The molecule has 0 atom stereocenters. The number of pyridine rings is 1. The van der Waals surface area contributed by atoms with Gasteiger partial charge in [0, 0.05) is 38.3 Å². The Labute approximate surface area is 241 Å². The maximum absolute atomic E-state index is 14.5. The molecule has 4 heterocycles. The molecule has 3 aromatic rings. The lowest BCUT2D eigenvalue weighted by Gasteiger charge is -2.39. The molecule has 2 aliphatic rings. The highest BCUT2D eigenvalue weighted by Gasteiger charge is 2.34. The van der Waals surface area contributed by atoms with E-state index in [4.69, 9.17) is 16.6 Å². The van der Waals surface area contributed by atoms with Gasteiger partial charge in [0.2, 0.25) is 0 Å². The van der Waals surface area contributed by atoms with Crippen LogP contribution in [0.5, 0.6) is 0 Å². The highest BCUT2D eigenvalue weighted by Crippen LogP contribution is 2.37. The summed E-state index contributed by atoms with van der Waals surface area (Å²) in [7, 11) is 0. The molecule has 0 N–H and O–H groups in total. The van der Waals surface area contributed by atoms with Crippen LogP contribution in [0.25, 0.3) is 6.08 Å². The number of thiocarbonyl (C=S) groups is 1. The van der Waals surface area contributed by atoms with Crippen LogP contribution in [0.1, 0.15) is 35.8 Å². The molecule has 0 spiro atoms. The number of nitrogens with zero attached hydrogens (tertiary/aromatic N) is 5. The number of rotatable bonds is 7. The van der Waals surface area contributed by atoms with E-state index in [0.717, 1.165) is 0 Å². The maximum atomic E-state index is 14.5. The molecular weight excluding hydrogens is 549 g/mol. The molecule has 2 fully saturated rings. The number of piperazine rings is 1. The number of halogens is 1. The number of carbonyl (C=O) groups is 1. The molecular formula is C29H28FN5O3S2. The smallest absolute Gasteiger partial charge is 0.270 e. The SMILES string of the molecule is CCCn1c(N2CCN(c3ccccc3F)CC2)c(/C=C2\SC(=S)N(Cc3ccco3)C2=O)c(C)c(C#N)c1=O. The van der Waals surface area contributed by atoms with Crippen molar-refractivity contribution in [1.82, 2.24) is 9.47 Å². The molecule has 1 amide bonds. The van der Waals surface area contributed by atoms with Crippen LogP contribution in [-0.4, -0.2) is 45.9 Å². The van der Waals surface area contributed by atoms with E-state index >= 15 is 0 Å². The van der Waals surface area contributed by atoms with Crippen LogP contribution in [0.15, 0.2) is 56.8 Å². The zero-order valence-electron chi connectivity index (χ0n) is 22.2. The lowest BCUT2D eigenvalue weighted by molar-refractivity contribution is -0.122.